The van der Waals surface area contributed by atoms with E-state index in [1.54, 1.807) is 30.5 Å². The number of rotatable bonds is 4. The average molecular weight is 394 g/mol. The molecule has 30 heavy (non-hydrogen) atoms. The SMILES string of the molecule is O=C(O)c1cccc(Cn2ccc3ccc(C#CCc4ccccc4)nc3c2=O)c1. The zero-order chi connectivity index (χ0) is 20.9. The molecular weight excluding hydrogens is 376 g/mol. The van der Waals surface area contributed by atoms with Crippen LogP contribution in [0, 0.1) is 11.8 Å². The molecule has 5 nitrogen and oxygen atoms in total. The van der Waals surface area contributed by atoms with Gasteiger partial charge >= 0.3 is 5.97 Å². The van der Waals surface area contributed by atoms with Crippen molar-refractivity contribution in [3.05, 3.63) is 112 Å². The highest BCUT2D eigenvalue weighted by Crippen LogP contribution is 2.11. The molecule has 0 bridgehead atoms. The van der Waals surface area contributed by atoms with Crippen LogP contribution in [0.3, 0.4) is 0 Å². The molecule has 0 saturated heterocycles. The first kappa shape index (κ1) is 19.2. The van der Waals surface area contributed by atoms with Crippen molar-refractivity contribution in [1.29, 1.82) is 0 Å². The number of hydrogen-bond acceptors (Lipinski definition) is 3. The molecular formula is C25H18N2O3. The van der Waals surface area contributed by atoms with Crippen LogP contribution in [-0.2, 0) is 13.0 Å². The van der Waals surface area contributed by atoms with Crippen LogP contribution >= 0.6 is 0 Å². The Hall–Kier alpha value is -4.17. The molecule has 0 amide bonds. The van der Waals surface area contributed by atoms with Gasteiger partial charge in [0.15, 0.2) is 0 Å². The fourth-order valence-electron chi connectivity index (χ4n) is 3.18. The van der Waals surface area contributed by atoms with Gasteiger partial charge in [-0.2, -0.15) is 0 Å². The molecule has 0 unspecified atom stereocenters. The van der Waals surface area contributed by atoms with Gasteiger partial charge in [0.25, 0.3) is 5.56 Å². The first-order valence-electron chi connectivity index (χ1n) is 9.45. The fourth-order valence-corrected chi connectivity index (χ4v) is 3.18. The Morgan fingerprint density at radius 2 is 1.77 bits per heavy atom. The summed E-state index contributed by atoms with van der Waals surface area (Å²) in [5, 5.41) is 9.89. The first-order valence-corrected chi connectivity index (χ1v) is 9.45. The molecule has 146 valence electrons. The Kier molecular flexibility index (Phi) is 5.40. The molecule has 0 saturated carbocycles. The van der Waals surface area contributed by atoms with Crippen molar-refractivity contribution in [2.75, 3.05) is 0 Å². The van der Waals surface area contributed by atoms with Crippen molar-refractivity contribution in [2.45, 2.75) is 13.0 Å². The molecule has 0 radical (unpaired) electrons. The van der Waals surface area contributed by atoms with Gasteiger partial charge in [0, 0.05) is 18.0 Å². The van der Waals surface area contributed by atoms with E-state index in [9.17, 15) is 9.59 Å². The van der Waals surface area contributed by atoms with Crippen molar-refractivity contribution in [3.63, 3.8) is 0 Å². The van der Waals surface area contributed by atoms with Crippen molar-refractivity contribution in [1.82, 2.24) is 9.55 Å². The van der Waals surface area contributed by atoms with E-state index in [2.05, 4.69) is 16.8 Å². The fraction of sp³-hybridized carbons (Fsp3) is 0.0800. The predicted molar refractivity (Wildman–Crippen MR) is 116 cm³/mol. The van der Waals surface area contributed by atoms with E-state index in [-0.39, 0.29) is 17.7 Å². The molecule has 0 atom stereocenters. The van der Waals surface area contributed by atoms with Crippen LogP contribution in [0.5, 0.6) is 0 Å². The van der Waals surface area contributed by atoms with Gasteiger partial charge in [0.2, 0.25) is 0 Å². The third-order valence-electron chi connectivity index (χ3n) is 4.70. The van der Waals surface area contributed by atoms with Gasteiger partial charge in [-0.05, 0) is 47.4 Å². The van der Waals surface area contributed by atoms with Crippen LogP contribution in [0.2, 0.25) is 0 Å². The highest BCUT2D eigenvalue weighted by atomic mass is 16.4. The second kappa shape index (κ2) is 8.46. The summed E-state index contributed by atoms with van der Waals surface area (Å²) in [6.07, 6.45) is 2.31. The number of aromatic carboxylic acids is 1. The topological polar surface area (TPSA) is 72.2 Å². The molecule has 0 aliphatic heterocycles. The van der Waals surface area contributed by atoms with E-state index < -0.39 is 5.97 Å². The Balaban J connectivity index is 1.62. The molecule has 1 N–H and O–H groups in total. The van der Waals surface area contributed by atoms with Gasteiger partial charge in [0.05, 0.1) is 12.1 Å². The second-order valence-corrected chi connectivity index (χ2v) is 6.85. The molecule has 2 aromatic carbocycles. The lowest BCUT2D eigenvalue weighted by atomic mass is 10.1. The molecule has 0 aliphatic rings. The Morgan fingerprint density at radius 1 is 0.967 bits per heavy atom. The summed E-state index contributed by atoms with van der Waals surface area (Å²) in [5.41, 5.74) is 2.70. The number of fused-ring (bicyclic) bond motifs is 1. The lowest BCUT2D eigenvalue weighted by Gasteiger charge is -2.08. The minimum atomic E-state index is -0.997. The summed E-state index contributed by atoms with van der Waals surface area (Å²) < 4.78 is 1.53. The molecule has 0 spiro atoms. The van der Waals surface area contributed by atoms with E-state index >= 15 is 0 Å². The predicted octanol–water partition coefficient (Wildman–Crippen LogP) is 3.74. The van der Waals surface area contributed by atoms with Gasteiger partial charge in [-0.25, -0.2) is 9.78 Å². The smallest absolute Gasteiger partial charge is 0.335 e. The number of carbonyl (C=O) groups is 1. The molecule has 4 rings (SSSR count). The third-order valence-corrected chi connectivity index (χ3v) is 4.70. The first-order chi connectivity index (χ1) is 14.6. The standard InChI is InChI=1S/C25H18N2O3/c28-24-23-20(12-13-22(26-23)11-5-8-18-6-2-1-3-7-18)14-15-27(24)17-19-9-4-10-21(16-19)25(29)30/h1-4,6-7,9-10,12-16H,8,17H2,(H,29,30). The maximum Gasteiger partial charge on any atom is 0.335 e. The van der Waals surface area contributed by atoms with Crippen molar-refractivity contribution < 1.29 is 9.90 Å². The summed E-state index contributed by atoms with van der Waals surface area (Å²) in [6, 6.07) is 22.0. The quantitative estimate of drug-likeness (QED) is 0.535. The largest absolute Gasteiger partial charge is 0.478 e. The summed E-state index contributed by atoms with van der Waals surface area (Å²) >= 11 is 0. The highest BCUT2D eigenvalue weighted by Gasteiger charge is 2.08. The normalized spacial score (nSPS) is 10.4. The second-order valence-electron chi connectivity index (χ2n) is 6.85. The number of carboxylic acids is 1. The van der Waals surface area contributed by atoms with Crippen molar-refractivity contribution in [3.8, 4) is 11.8 Å². The van der Waals surface area contributed by atoms with E-state index in [1.807, 2.05) is 42.5 Å². The van der Waals surface area contributed by atoms with E-state index in [0.29, 0.717) is 17.6 Å². The summed E-state index contributed by atoms with van der Waals surface area (Å²) in [5.74, 6) is 5.13. The minimum Gasteiger partial charge on any atom is -0.478 e. The molecule has 2 heterocycles. The molecule has 0 aliphatic carbocycles. The third kappa shape index (κ3) is 4.29. The van der Waals surface area contributed by atoms with Crippen LogP contribution in [0.25, 0.3) is 10.9 Å². The molecule has 0 fully saturated rings. The number of carboxylic acid groups (broad SMARTS) is 1. The van der Waals surface area contributed by atoms with Gasteiger partial charge in [-0.1, -0.05) is 48.4 Å². The minimum absolute atomic E-state index is 0.190. The Labute approximate surface area is 173 Å². The van der Waals surface area contributed by atoms with Crippen LogP contribution in [0.15, 0.2) is 83.8 Å². The van der Waals surface area contributed by atoms with E-state index in [0.717, 1.165) is 16.5 Å². The summed E-state index contributed by atoms with van der Waals surface area (Å²) in [6.45, 7) is 0.265. The maximum atomic E-state index is 12.9. The number of nitrogens with zero attached hydrogens (tertiary/aromatic N) is 2. The van der Waals surface area contributed by atoms with Crippen LogP contribution in [0.4, 0.5) is 0 Å². The lowest BCUT2D eigenvalue weighted by molar-refractivity contribution is 0.0696. The highest BCUT2D eigenvalue weighted by molar-refractivity contribution is 5.87. The zero-order valence-electron chi connectivity index (χ0n) is 16.1. The van der Waals surface area contributed by atoms with Crippen LogP contribution in [0.1, 0.15) is 27.2 Å². The zero-order valence-corrected chi connectivity index (χ0v) is 16.1. The Morgan fingerprint density at radius 3 is 2.57 bits per heavy atom. The van der Waals surface area contributed by atoms with Gasteiger partial charge < -0.3 is 9.67 Å². The average Bonchev–Trinajstić information content (AvgIpc) is 2.77. The van der Waals surface area contributed by atoms with E-state index in [1.165, 1.54) is 10.6 Å². The summed E-state index contributed by atoms with van der Waals surface area (Å²) in [4.78, 5) is 28.6. The van der Waals surface area contributed by atoms with Crippen molar-refractivity contribution >= 4 is 16.9 Å². The summed E-state index contributed by atoms with van der Waals surface area (Å²) in [7, 11) is 0. The molecule has 4 aromatic rings. The molecule has 2 aromatic heterocycles. The Bertz CT molecular complexity index is 1350. The maximum absolute atomic E-state index is 12.9. The van der Waals surface area contributed by atoms with Gasteiger partial charge in [-0.15, -0.1) is 0 Å². The number of aromatic nitrogens is 2. The number of benzene rings is 2. The lowest BCUT2D eigenvalue weighted by Crippen LogP contribution is -2.21. The number of hydrogen-bond donors (Lipinski definition) is 1. The van der Waals surface area contributed by atoms with E-state index in [4.69, 9.17) is 5.11 Å². The van der Waals surface area contributed by atoms with Crippen LogP contribution < -0.4 is 5.56 Å². The van der Waals surface area contributed by atoms with Crippen molar-refractivity contribution in [2.24, 2.45) is 0 Å². The van der Waals surface area contributed by atoms with Gasteiger partial charge in [0.1, 0.15) is 11.2 Å². The number of pyridine rings is 2. The monoisotopic (exact) mass is 394 g/mol. The van der Waals surface area contributed by atoms with Crippen LogP contribution in [-0.4, -0.2) is 20.6 Å². The van der Waals surface area contributed by atoms with Gasteiger partial charge in [-0.3, -0.25) is 4.79 Å². The molecule has 5 heteroatoms.